The SMILES string of the molecule is COc1ccc([Si](C)(C)[C@H]2[C@H](CCO)O[C@@]3(C(=O)N(C/C=C(\C)CCC=C(C)C)c4ccc(N5CCOC5=O)cc43)[C@@H]2C)cc1. The zero-order chi connectivity index (χ0) is 32.5. The Balaban J connectivity index is 1.58. The van der Waals surface area contributed by atoms with Crippen molar-refractivity contribution in [2.45, 2.75) is 77.3 Å². The maximum absolute atomic E-state index is 14.8. The molecule has 2 saturated heterocycles. The van der Waals surface area contributed by atoms with Gasteiger partial charge in [-0.3, -0.25) is 9.69 Å². The van der Waals surface area contributed by atoms with E-state index in [9.17, 15) is 14.7 Å². The van der Waals surface area contributed by atoms with Crippen LogP contribution in [-0.4, -0.2) is 64.7 Å². The molecule has 1 N–H and O–H groups in total. The highest BCUT2D eigenvalue weighted by atomic mass is 28.3. The van der Waals surface area contributed by atoms with Crippen LogP contribution < -0.4 is 19.7 Å². The number of rotatable bonds is 11. The molecular weight excluding hydrogens is 584 g/mol. The summed E-state index contributed by atoms with van der Waals surface area (Å²) in [6.07, 6.45) is 6.01. The van der Waals surface area contributed by atoms with Gasteiger partial charge in [-0.2, -0.15) is 0 Å². The Kier molecular flexibility index (Phi) is 9.63. The van der Waals surface area contributed by atoms with Crippen molar-refractivity contribution in [3.05, 3.63) is 71.3 Å². The molecule has 3 heterocycles. The van der Waals surface area contributed by atoms with Crippen LogP contribution in [0.4, 0.5) is 16.2 Å². The Bertz CT molecular complexity index is 1480. The summed E-state index contributed by atoms with van der Waals surface area (Å²) < 4.78 is 17.7. The predicted molar refractivity (Wildman–Crippen MR) is 181 cm³/mol. The van der Waals surface area contributed by atoms with E-state index in [1.54, 1.807) is 12.0 Å². The van der Waals surface area contributed by atoms with Crippen molar-refractivity contribution in [1.82, 2.24) is 0 Å². The fourth-order valence-corrected chi connectivity index (χ4v) is 11.7. The Hall–Kier alpha value is -3.40. The van der Waals surface area contributed by atoms with Crippen molar-refractivity contribution < 1.29 is 28.9 Å². The lowest BCUT2D eigenvalue weighted by Gasteiger charge is -2.37. The molecule has 2 amide bonds. The van der Waals surface area contributed by atoms with Gasteiger partial charge in [0.05, 0.1) is 33.5 Å². The van der Waals surface area contributed by atoms with Gasteiger partial charge in [-0.05, 0) is 75.9 Å². The molecule has 0 aliphatic carbocycles. The van der Waals surface area contributed by atoms with E-state index >= 15 is 0 Å². The quantitative estimate of drug-likeness (QED) is 0.232. The Morgan fingerprint density at radius 3 is 2.47 bits per heavy atom. The second-order valence-electron chi connectivity index (χ2n) is 13.4. The van der Waals surface area contributed by atoms with Gasteiger partial charge >= 0.3 is 6.09 Å². The third-order valence-corrected chi connectivity index (χ3v) is 14.4. The van der Waals surface area contributed by atoms with Crippen molar-refractivity contribution in [2.24, 2.45) is 5.92 Å². The Morgan fingerprint density at radius 2 is 1.84 bits per heavy atom. The average Bonchev–Trinajstić information content (AvgIpc) is 3.64. The Morgan fingerprint density at radius 1 is 1.11 bits per heavy atom. The van der Waals surface area contributed by atoms with Crippen LogP contribution in [0, 0.1) is 5.92 Å². The maximum Gasteiger partial charge on any atom is 0.414 e. The molecule has 0 radical (unpaired) electrons. The zero-order valence-corrected chi connectivity index (χ0v) is 28.8. The number of methoxy groups -OCH3 is 1. The molecule has 2 aromatic rings. The molecule has 242 valence electrons. The topological polar surface area (TPSA) is 88.5 Å². The van der Waals surface area contributed by atoms with Crippen LogP contribution in [-0.2, 0) is 19.9 Å². The van der Waals surface area contributed by atoms with E-state index in [1.165, 1.54) is 16.3 Å². The second-order valence-corrected chi connectivity index (χ2v) is 18.1. The molecule has 5 rings (SSSR count). The van der Waals surface area contributed by atoms with Crippen molar-refractivity contribution in [2.75, 3.05) is 43.2 Å². The molecule has 4 atom stereocenters. The first-order chi connectivity index (χ1) is 21.4. The number of carbonyl (C=O) groups excluding carboxylic acids is 2. The largest absolute Gasteiger partial charge is 0.497 e. The summed E-state index contributed by atoms with van der Waals surface area (Å²) in [6.45, 7) is 14.3. The minimum atomic E-state index is -2.29. The lowest BCUT2D eigenvalue weighted by Crippen LogP contribution is -2.52. The van der Waals surface area contributed by atoms with Crippen molar-refractivity contribution in [1.29, 1.82) is 0 Å². The lowest BCUT2D eigenvalue weighted by atomic mass is 9.82. The molecule has 3 aliphatic rings. The van der Waals surface area contributed by atoms with Crippen molar-refractivity contribution >= 4 is 36.6 Å². The monoisotopic (exact) mass is 632 g/mol. The third kappa shape index (κ3) is 5.98. The first-order valence-electron chi connectivity index (χ1n) is 16.1. The number of carbonyl (C=O) groups is 2. The van der Waals surface area contributed by atoms with Gasteiger partial charge in [-0.1, -0.05) is 60.6 Å². The van der Waals surface area contributed by atoms with Gasteiger partial charge in [0.25, 0.3) is 5.91 Å². The predicted octanol–water partition coefficient (Wildman–Crippen LogP) is 6.29. The molecule has 0 bridgehead atoms. The van der Waals surface area contributed by atoms with Gasteiger partial charge in [0.1, 0.15) is 12.4 Å². The van der Waals surface area contributed by atoms with E-state index in [0.717, 1.165) is 29.8 Å². The summed E-state index contributed by atoms with van der Waals surface area (Å²) in [4.78, 5) is 30.9. The summed E-state index contributed by atoms with van der Waals surface area (Å²) in [6, 6.07) is 14.1. The van der Waals surface area contributed by atoms with Gasteiger partial charge < -0.3 is 24.2 Å². The van der Waals surface area contributed by atoms with Crippen molar-refractivity contribution in [3.8, 4) is 5.75 Å². The number of aliphatic hydroxyl groups excluding tert-OH is 1. The second kappa shape index (κ2) is 13.1. The van der Waals surface area contributed by atoms with Crippen LogP contribution >= 0.6 is 0 Å². The molecule has 2 fully saturated rings. The first-order valence-corrected chi connectivity index (χ1v) is 19.2. The maximum atomic E-state index is 14.8. The van der Waals surface area contributed by atoms with Crippen LogP contribution in [0.15, 0.2) is 65.8 Å². The number of benzene rings is 2. The van der Waals surface area contributed by atoms with E-state index < -0.39 is 13.7 Å². The van der Waals surface area contributed by atoms with E-state index in [-0.39, 0.29) is 36.2 Å². The smallest absolute Gasteiger partial charge is 0.414 e. The van der Waals surface area contributed by atoms with Crippen LogP contribution in [0.2, 0.25) is 18.6 Å². The lowest BCUT2D eigenvalue weighted by molar-refractivity contribution is -0.146. The van der Waals surface area contributed by atoms with Gasteiger partial charge in [-0.25, -0.2) is 4.79 Å². The Labute approximate surface area is 268 Å². The fraction of sp³-hybridized carbons (Fsp3) is 0.500. The first kappa shape index (κ1) is 33.0. The average molecular weight is 633 g/mol. The number of aliphatic hydroxyl groups is 1. The number of fused-ring (bicyclic) bond motifs is 2. The number of anilines is 2. The molecule has 0 aromatic heterocycles. The minimum absolute atomic E-state index is 0.0326. The van der Waals surface area contributed by atoms with Gasteiger partial charge in [0.15, 0.2) is 5.60 Å². The normalized spacial score (nSPS) is 24.8. The molecule has 45 heavy (non-hydrogen) atoms. The molecule has 2 aromatic carbocycles. The molecule has 0 saturated carbocycles. The van der Waals surface area contributed by atoms with Crippen molar-refractivity contribution in [3.63, 3.8) is 0 Å². The van der Waals surface area contributed by atoms with E-state index in [0.29, 0.717) is 31.8 Å². The van der Waals surface area contributed by atoms with E-state index in [4.69, 9.17) is 14.2 Å². The molecule has 3 aliphatic heterocycles. The number of amides is 2. The van der Waals surface area contributed by atoms with Gasteiger partial charge in [0, 0.05) is 30.3 Å². The summed E-state index contributed by atoms with van der Waals surface area (Å²) in [7, 11) is -0.624. The van der Waals surface area contributed by atoms with E-state index in [2.05, 4.69) is 65.1 Å². The molecule has 1 spiro atoms. The number of ether oxygens (including phenoxy) is 3. The summed E-state index contributed by atoms with van der Waals surface area (Å²) in [5, 5.41) is 11.4. The van der Waals surface area contributed by atoms with Crippen LogP contribution in [0.1, 0.15) is 52.5 Å². The number of cyclic esters (lactones) is 1. The number of nitrogens with zero attached hydrogens (tertiary/aromatic N) is 2. The molecule has 8 nitrogen and oxygen atoms in total. The summed E-state index contributed by atoms with van der Waals surface area (Å²) in [5.41, 5.74) is 3.62. The summed E-state index contributed by atoms with van der Waals surface area (Å²) in [5.74, 6) is 0.539. The number of hydrogen-bond acceptors (Lipinski definition) is 6. The molecule has 0 unspecified atom stereocenters. The number of allylic oxidation sites excluding steroid dienone is 3. The number of hydrogen-bond donors (Lipinski definition) is 1. The molecule has 9 heteroatoms. The standard InChI is InChI=1S/C36H48N2O6Si/c1-24(2)9-8-10-25(3)17-19-38-31-16-11-27(37-20-22-43-35(37)41)23-30(31)36(34(38)40)26(4)33(32(44-36)18-21-39)45(6,7)29-14-12-28(42-5)13-15-29/h9,11-17,23,26,32-33,39H,8,10,18-22H2,1-7H3/b25-17+/t26-,32+,33-,36+/m1/s1. The highest BCUT2D eigenvalue weighted by Gasteiger charge is 2.66. The highest BCUT2D eigenvalue weighted by Crippen LogP contribution is 2.60. The zero-order valence-electron chi connectivity index (χ0n) is 27.8. The minimum Gasteiger partial charge on any atom is -0.497 e. The third-order valence-electron chi connectivity index (χ3n) is 10.0. The van der Waals surface area contributed by atoms with Crippen LogP contribution in [0.25, 0.3) is 0 Å². The molecular formula is C36H48N2O6Si. The van der Waals surface area contributed by atoms with Gasteiger partial charge in [0.2, 0.25) is 0 Å². The van der Waals surface area contributed by atoms with Crippen LogP contribution in [0.3, 0.4) is 0 Å². The van der Waals surface area contributed by atoms with Gasteiger partial charge in [-0.15, -0.1) is 0 Å². The highest BCUT2D eigenvalue weighted by molar-refractivity contribution is 6.91. The summed E-state index contributed by atoms with van der Waals surface area (Å²) >= 11 is 0. The van der Waals surface area contributed by atoms with E-state index in [1.807, 2.05) is 35.2 Å². The van der Waals surface area contributed by atoms with Crippen LogP contribution in [0.5, 0.6) is 5.75 Å². The fourth-order valence-electron chi connectivity index (χ4n) is 7.61.